The number of carbonyl (C=O) groups excluding carboxylic acids is 1. The summed E-state index contributed by atoms with van der Waals surface area (Å²) in [5, 5.41) is 6.69. The molecule has 4 heteroatoms. The first-order valence-electron chi connectivity index (χ1n) is 5.51. The summed E-state index contributed by atoms with van der Waals surface area (Å²) >= 11 is 5.94. The number of rotatable bonds is 3. The maximum absolute atomic E-state index is 11.8. The van der Waals surface area contributed by atoms with Crippen LogP contribution in [0.2, 0.25) is 5.02 Å². The van der Waals surface area contributed by atoms with E-state index in [2.05, 4.69) is 10.6 Å². The maximum atomic E-state index is 11.8. The molecule has 2 N–H and O–H groups in total. The van der Waals surface area contributed by atoms with Gasteiger partial charge in [-0.25, -0.2) is 0 Å². The Morgan fingerprint density at radius 2 is 2.31 bits per heavy atom. The quantitative estimate of drug-likeness (QED) is 0.841. The second-order valence-electron chi connectivity index (χ2n) is 4.05. The van der Waals surface area contributed by atoms with Gasteiger partial charge in [-0.05, 0) is 37.6 Å². The average Bonchev–Trinajstić information content (AvgIpc) is 2.79. The van der Waals surface area contributed by atoms with Gasteiger partial charge in [0.15, 0.2) is 0 Å². The molecule has 0 radical (unpaired) electrons. The van der Waals surface area contributed by atoms with Crippen LogP contribution in [0.3, 0.4) is 0 Å². The van der Waals surface area contributed by atoms with Crippen LogP contribution >= 0.6 is 11.6 Å². The molecule has 0 bridgehead atoms. The Balaban J connectivity index is 1.90. The molecule has 1 amide bonds. The van der Waals surface area contributed by atoms with Crippen LogP contribution in [-0.4, -0.2) is 25.5 Å². The van der Waals surface area contributed by atoms with Crippen molar-refractivity contribution in [3.63, 3.8) is 0 Å². The number of nitrogens with one attached hydrogen (secondary N) is 2. The van der Waals surface area contributed by atoms with Crippen molar-refractivity contribution in [2.45, 2.75) is 6.42 Å². The summed E-state index contributed by atoms with van der Waals surface area (Å²) in [5.74, 6) is 0.462. The van der Waals surface area contributed by atoms with Crippen LogP contribution in [0, 0.1) is 5.92 Å². The fraction of sp³-hybridized carbons (Fsp3) is 0.417. The predicted molar refractivity (Wildman–Crippen MR) is 64.8 cm³/mol. The Bertz CT molecular complexity index is 375. The molecule has 86 valence electrons. The first-order valence-corrected chi connectivity index (χ1v) is 5.88. The SMILES string of the molecule is O=C(NC[C@@H]1CCNC1)c1ccccc1Cl. The zero-order chi connectivity index (χ0) is 11.4. The Kier molecular flexibility index (Phi) is 3.80. The van der Waals surface area contributed by atoms with E-state index in [1.54, 1.807) is 12.1 Å². The lowest BCUT2D eigenvalue weighted by atomic mass is 10.1. The highest BCUT2D eigenvalue weighted by Gasteiger charge is 2.16. The average molecular weight is 239 g/mol. The first kappa shape index (κ1) is 11.4. The van der Waals surface area contributed by atoms with Crippen molar-refractivity contribution in [1.29, 1.82) is 0 Å². The molecule has 1 aromatic carbocycles. The van der Waals surface area contributed by atoms with Gasteiger partial charge in [-0.1, -0.05) is 23.7 Å². The molecule has 0 aliphatic carbocycles. The first-order chi connectivity index (χ1) is 7.77. The fourth-order valence-electron chi connectivity index (χ4n) is 1.87. The van der Waals surface area contributed by atoms with Gasteiger partial charge >= 0.3 is 0 Å². The third-order valence-corrected chi connectivity index (χ3v) is 3.16. The number of hydrogen-bond acceptors (Lipinski definition) is 2. The minimum Gasteiger partial charge on any atom is -0.352 e. The monoisotopic (exact) mass is 238 g/mol. The largest absolute Gasteiger partial charge is 0.352 e. The topological polar surface area (TPSA) is 41.1 Å². The summed E-state index contributed by atoms with van der Waals surface area (Å²) in [4.78, 5) is 11.8. The van der Waals surface area contributed by atoms with E-state index in [-0.39, 0.29) is 5.91 Å². The number of benzene rings is 1. The molecule has 1 aliphatic rings. The fourth-order valence-corrected chi connectivity index (χ4v) is 2.09. The van der Waals surface area contributed by atoms with Crippen molar-refractivity contribution in [2.75, 3.05) is 19.6 Å². The minimum absolute atomic E-state index is 0.0856. The van der Waals surface area contributed by atoms with Crippen molar-refractivity contribution in [2.24, 2.45) is 5.92 Å². The van der Waals surface area contributed by atoms with Crippen molar-refractivity contribution in [3.8, 4) is 0 Å². The van der Waals surface area contributed by atoms with Crippen LogP contribution in [0.4, 0.5) is 0 Å². The maximum Gasteiger partial charge on any atom is 0.252 e. The van der Waals surface area contributed by atoms with Gasteiger partial charge in [0, 0.05) is 6.54 Å². The number of carbonyl (C=O) groups is 1. The van der Waals surface area contributed by atoms with Gasteiger partial charge in [0.2, 0.25) is 0 Å². The molecule has 1 atom stereocenters. The number of hydrogen-bond donors (Lipinski definition) is 2. The summed E-state index contributed by atoms with van der Waals surface area (Å²) in [5.41, 5.74) is 0.551. The number of halogens is 1. The lowest BCUT2D eigenvalue weighted by Gasteiger charge is -2.10. The van der Waals surface area contributed by atoms with Crippen molar-refractivity contribution in [1.82, 2.24) is 10.6 Å². The highest BCUT2D eigenvalue weighted by molar-refractivity contribution is 6.33. The Morgan fingerprint density at radius 3 is 3.00 bits per heavy atom. The van der Waals surface area contributed by atoms with E-state index in [0.717, 1.165) is 26.1 Å². The molecular weight excluding hydrogens is 224 g/mol. The Hall–Kier alpha value is -1.06. The lowest BCUT2D eigenvalue weighted by Crippen LogP contribution is -2.30. The highest BCUT2D eigenvalue weighted by Crippen LogP contribution is 2.14. The van der Waals surface area contributed by atoms with Gasteiger partial charge in [-0.15, -0.1) is 0 Å². The number of amides is 1. The van der Waals surface area contributed by atoms with Gasteiger partial charge in [0.1, 0.15) is 0 Å². The van der Waals surface area contributed by atoms with Crippen molar-refractivity contribution < 1.29 is 4.79 Å². The van der Waals surface area contributed by atoms with E-state index >= 15 is 0 Å². The second-order valence-corrected chi connectivity index (χ2v) is 4.46. The van der Waals surface area contributed by atoms with Gasteiger partial charge in [-0.2, -0.15) is 0 Å². The molecular formula is C12H15ClN2O. The molecule has 1 aliphatic heterocycles. The van der Waals surface area contributed by atoms with Crippen LogP contribution < -0.4 is 10.6 Å². The Labute approximate surface area is 100 Å². The van der Waals surface area contributed by atoms with Crippen LogP contribution in [0.25, 0.3) is 0 Å². The summed E-state index contributed by atoms with van der Waals surface area (Å²) in [7, 11) is 0. The zero-order valence-electron chi connectivity index (χ0n) is 9.00. The molecule has 16 heavy (non-hydrogen) atoms. The summed E-state index contributed by atoms with van der Waals surface area (Å²) in [6, 6.07) is 7.11. The third-order valence-electron chi connectivity index (χ3n) is 2.83. The molecule has 0 spiro atoms. The predicted octanol–water partition coefficient (Wildman–Crippen LogP) is 1.68. The van der Waals surface area contributed by atoms with E-state index in [1.165, 1.54) is 0 Å². The van der Waals surface area contributed by atoms with Gasteiger partial charge < -0.3 is 10.6 Å². The van der Waals surface area contributed by atoms with Gasteiger partial charge in [0.25, 0.3) is 5.91 Å². The van der Waals surface area contributed by atoms with E-state index in [0.29, 0.717) is 16.5 Å². The van der Waals surface area contributed by atoms with Crippen molar-refractivity contribution in [3.05, 3.63) is 34.9 Å². The van der Waals surface area contributed by atoms with E-state index in [4.69, 9.17) is 11.6 Å². The van der Waals surface area contributed by atoms with E-state index in [9.17, 15) is 4.79 Å². The standard InChI is InChI=1S/C12H15ClN2O/c13-11-4-2-1-3-10(11)12(16)15-8-9-5-6-14-7-9/h1-4,9,14H,5-8H2,(H,15,16)/t9-/m1/s1. The van der Waals surface area contributed by atoms with Gasteiger partial charge in [-0.3, -0.25) is 4.79 Å². The normalized spacial score (nSPS) is 19.7. The molecule has 2 rings (SSSR count). The van der Waals surface area contributed by atoms with Crippen molar-refractivity contribution >= 4 is 17.5 Å². The van der Waals surface area contributed by atoms with Gasteiger partial charge in [0.05, 0.1) is 10.6 Å². The van der Waals surface area contributed by atoms with Crippen LogP contribution in [0.1, 0.15) is 16.8 Å². The van der Waals surface area contributed by atoms with Crippen LogP contribution in [0.5, 0.6) is 0 Å². The smallest absolute Gasteiger partial charge is 0.252 e. The minimum atomic E-state index is -0.0856. The lowest BCUT2D eigenvalue weighted by molar-refractivity contribution is 0.0948. The van der Waals surface area contributed by atoms with Crippen LogP contribution in [0.15, 0.2) is 24.3 Å². The summed E-state index contributed by atoms with van der Waals surface area (Å²) in [6.45, 7) is 2.76. The highest BCUT2D eigenvalue weighted by atomic mass is 35.5. The van der Waals surface area contributed by atoms with E-state index in [1.807, 2.05) is 12.1 Å². The zero-order valence-corrected chi connectivity index (χ0v) is 9.76. The molecule has 0 saturated carbocycles. The third kappa shape index (κ3) is 2.74. The molecule has 1 fully saturated rings. The Morgan fingerprint density at radius 1 is 1.50 bits per heavy atom. The van der Waals surface area contributed by atoms with Crippen LogP contribution in [-0.2, 0) is 0 Å². The summed E-state index contributed by atoms with van der Waals surface area (Å²) in [6.07, 6.45) is 1.13. The second kappa shape index (κ2) is 5.32. The molecule has 1 aromatic rings. The molecule has 1 saturated heterocycles. The van der Waals surface area contributed by atoms with E-state index < -0.39 is 0 Å². The summed E-state index contributed by atoms with van der Waals surface area (Å²) < 4.78 is 0. The molecule has 0 unspecified atom stereocenters. The molecule has 1 heterocycles. The molecule has 0 aromatic heterocycles. The molecule has 3 nitrogen and oxygen atoms in total.